The third-order valence-corrected chi connectivity index (χ3v) is 4.97. The van der Waals surface area contributed by atoms with Gasteiger partial charge in [0.25, 0.3) is 0 Å². The molecule has 1 aromatic carbocycles. The van der Waals surface area contributed by atoms with Crippen molar-refractivity contribution in [1.82, 2.24) is 19.5 Å². The lowest BCUT2D eigenvalue weighted by molar-refractivity contribution is 0.0907. The fourth-order valence-corrected chi connectivity index (χ4v) is 3.76. The van der Waals surface area contributed by atoms with Gasteiger partial charge < -0.3 is 9.64 Å². The minimum atomic E-state index is 0.544. The molecule has 2 aromatic heterocycles. The van der Waals surface area contributed by atoms with E-state index in [1.165, 1.54) is 12.8 Å². The lowest BCUT2D eigenvalue weighted by atomic mass is 10.2. The maximum atomic E-state index is 5.82. The molecule has 0 bridgehead atoms. The summed E-state index contributed by atoms with van der Waals surface area (Å²) in [5, 5.41) is 5.61. The summed E-state index contributed by atoms with van der Waals surface area (Å²) in [5.41, 5.74) is 2.07. The molecule has 0 amide bonds. The zero-order valence-corrected chi connectivity index (χ0v) is 15.8. The second-order valence-corrected chi connectivity index (χ2v) is 7.08. The van der Waals surface area contributed by atoms with Crippen molar-refractivity contribution in [3.63, 3.8) is 0 Å². The third kappa shape index (κ3) is 4.87. The van der Waals surface area contributed by atoms with Gasteiger partial charge in [-0.2, -0.15) is 5.10 Å². The van der Waals surface area contributed by atoms with Crippen LogP contribution in [0.2, 0.25) is 0 Å². The number of imidazole rings is 1. The number of benzene rings is 1. The van der Waals surface area contributed by atoms with Crippen LogP contribution >= 0.6 is 11.3 Å². The Morgan fingerprint density at radius 3 is 2.52 bits per heavy atom. The second-order valence-electron chi connectivity index (χ2n) is 6.13. The zero-order valence-electron chi connectivity index (χ0n) is 15.0. The average molecular weight is 359 g/mol. The first-order valence-corrected chi connectivity index (χ1v) is 9.82. The fraction of sp³-hybridized carbons (Fsp3) is 0.474. The van der Waals surface area contributed by atoms with Gasteiger partial charge in [-0.15, -0.1) is 0 Å². The molecule has 25 heavy (non-hydrogen) atoms. The molecule has 5 nitrogen and oxygen atoms in total. The quantitative estimate of drug-likeness (QED) is 0.512. The Balaban J connectivity index is 1.52. The normalized spacial score (nSPS) is 11.6. The molecule has 0 atom stereocenters. The van der Waals surface area contributed by atoms with Crippen LogP contribution in [-0.4, -0.2) is 45.7 Å². The topological polar surface area (TPSA) is 42.7 Å². The molecular weight excluding hydrogens is 332 g/mol. The van der Waals surface area contributed by atoms with Gasteiger partial charge in [-0.3, -0.25) is 0 Å². The summed E-state index contributed by atoms with van der Waals surface area (Å²) in [6, 6.07) is 10.2. The Kier molecular flexibility index (Phi) is 6.55. The van der Waals surface area contributed by atoms with Crippen molar-refractivity contribution >= 4 is 16.3 Å². The smallest absolute Gasteiger partial charge is 0.212 e. The van der Waals surface area contributed by atoms with Crippen LogP contribution in [0.3, 0.4) is 0 Å². The maximum absolute atomic E-state index is 5.82. The lowest BCUT2D eigenvalue weighted by Crippen LogP contribution is -2.29. The van der Waals surface area contributed by atoms with E-state index in [0.29, 0.717) is 6.61 Å². The van der Waals surface area contributed by atoms with Crippen LogP contribution < -0.4 is 0 Å². The Bertz CT molecular complexity index is 731. The molecule has 0 radical (unpaired) electrons. The van der Waals surface area contributed by atoms with Crippen molar-refractivity contribution in [3.05, 3.63) is 42.2 Å². The number of nitrogens with zero attached hydrogens (tertiary/aromatic N) is 4. The van der Waals surface area contributed by atoms with Gasteiger partial charge in [0.1, 0.15) is 5.01 Å². The molecule has 0 unspecified atom stereocenters. The molecule has 6 heteroatoms. The number of rotatable bonds is 10. The van der Waals surface area contributed by atoms with Crippen molar-refractivity contribution < 1.29 is 4.74 Å². The van der Waals surface area contributed by atoms with E-state index in [0.717, 1.165) is 47.5 Å². The van der Waals surface area contributed by atoms with Gasteiger partial charge in [-0.05, 0) is 25.9 Å². The Labute approximate surface area is 153 Å². The largest absolute Gasteiger partial charge is 0.374 e. The maximum Gasteiger partial charge on any atom is 0.212 e. The van der Waals surface area contributed by atoms with E-state index in [9.17, 15) is 0 Å². The van der Waals surface area contributed by atoms with Gasteiger partial charge in [-0.1, -0.05) is 55.5 Å². The molecule has 0 saturated heterocycles. The van der Waals surface area contributed by atoms with E-state index >= 15 is 0 Å². The van der Waals surface area contributed by atoms with E-state index in [-0.39, 0.29) is 0 Å². The zero-order chi connectivity index (χ0) is 17.5. The van der Waals surface area contributed by atoms with E-state index in [2.05, 4.69) is 41.0 Å². The summed E-state index contributed by atoms with van der Waals surface area (Å²) in [6.45, 7) is 9.00. The first-order valence-electron chi connectivity index (χ1n) is 9.00. The first kappa shape index (κ1) is 18.0. The standard InChI is InChI=1S/C19H26N4OS/c1-3-10-22(11-4-2)12-13-24-15-17-14-23-19(20-17)25-18(21-23)16-8-6-5-7-9-16/h5-9,14H,3-4,10-13,15H2,1-2H3. The summed E-state index contributed by atoms with van der Waals surface area (Å²) in [4.78, 5) is 8.00. The van der Waals surface area contributed by atoms with Crippen LogP contribution in [0.4, 0.5) is 0 Å². The second kappa shape index (κ2) is 9.08. The van der Waals surface area contributed by atoms with Gasteiger partial charge in [0.15, 0.2) is 0 Å². The predicted octanol–water partition coefficient (Wildman–Crippen LogP) is 4.10. The summed E-state index contributed by atoms with van der Waals surface area (Å²) in [7, 11) is 0. The Hall–Kier alpha value is -1.76. The van der Waals surface area contributed by atoms with Crippen LogP contribution in [-0.2, 0) is 11.3 Å². The van der Waals surface area contributed by atoms with Crippen LogP contribution in [0.25, 0.3) is 15.5 Å². The van der Waals surface area contributed by atoms with Gasteiger partial charge in [0, 0.05) is 12.1 Å². The molecular formula is C19H26N4OS. The van der Waals surface area contributed by atoms with Crippen LogP contribution in [0.15, 0.2) is 36.5 Å². The molecule has 3 aromatic rings. The highest BCUT2D eigenvalue weighted by Gasteiger charge is 2.10. The molecule has 0 aliphatic rings. The van der Waals surface area contributed by atoms with Crippen LogP contribution in [0, 0.1) is 0 Å². The number of hydrogen-bond acceptors (Lipinski definition) is 5. The van der Waals surface area contributed by atoms with Gasteiger partial charge in [-0.25, -0.2) is 9.50 Å². The molecule has 0 aliphatic carbocycles. The van der Waals surface area contributed by atoms with Crippen molar-refractivity contribution in [2.45, 2.75) is 33.3 Å². The molecule has 134 valence electrons. The van der Waals surface area contributed by atoms with Gasteiger partial charge >= 0.3 is 0 Å². The molecule has 0 N–H and O–H groups in total. The molecule has 3 rings (SSSR count). The summed E-state index contributed by atoms with van der Waals surface area (Å²) >= 11 is 1.61. The molecule has 0 aliphatic heterocycles. The number of aromatic nitrogens is 3. The third-order valence-electron chi connectivity index (χ3n) is 4.00. The molecule has 0 saturated carbocycles. The summed E-state index contributed by atoms with van der Waals surface area (Å²) < 4.78 is 7.67. The fourth-order valence-electron chi connectivity index (χ4n) is 2.85. The highest BCUT2D eigenvalue weighted by atomic mass is 32.1. The number of hydrogen-bond donors (Lipinski definition) is 0. The van der Waals surface area contributed by atoms with E-state index in [1.54, 1.807) is 11.3 Å². The lowest BCUT2D eigenvalue weighted by Gasteiger charge is -2.20. The monoisotopic (exact) mass is 358 g/mol. The molecule has 0 spiro atoms. The number of fused-ring (bicyclic) bond motifs is 1. The van der Waals surface area contributed by atoms with Crippen molar-refractivity contribution in [3.8, 4) is 10.6 Å². The van der Waals surface area contributed by atoms with Crippen LogP contribution in [0.1, 0.15) is 32.4 Å². The first-order chi connectivity index (χ1) is 12.3. The van der Waals surface area contributed by atoms with Crippen molar-refractivity contribution in [2.75, 3.05) is 26.2 Å². The van der Waals surface area contributed by atoms with E-state index in [4.69, 9.17) is 4.74 Å². The Morgan fingerprint density at radius 2 is 1.84 bits per heavy atom. The molecule has 0 fully saturated rings. The highest BCUT2D eigenvalue weighted by molar-refractivity contribution is 7.19. The van der Waals surface area contributed by atoms with Gasteiger partial charge in [0.2, 0.25) is 4.96 Å². The van der Waals surface area contributed by atoms with Gasteiger partial charge in [0.05, 0.1) is 25.1 Å². The molecule has 2 heterocycles. The number of ether oxygens (including phenoxy) is 1. The highest BCUT2D eigenvalue weighted by Crippen LogP contribution is 2.25. The summed E-state index contributed by atoms with van der Waals surface area (Å²) in [5.74, 6) is 0. The van der Waals surface area contributed by atoms with E-state index in [1.807, 2.05) is 28.9 Å². The summed E-state index contributed by atoms with van der Waals surface area (Å²) in [6.07, 6.45) is 4.34. The van der Waals surface area contributed by atoms with Crippen molar-refractivity contribution in [1.29, 1.82) is 0 Å². The SMILES string of the molecule is CCCN(CCC)CCOCc1cn2nc(-c3ccccc3)sc2n1. The predicted molar refractivity (Wildman–Crippen MR) is 103 cm³/mol. The van der Waals surface area contributed by atoms with Crippen LogP contribution in [0.5, 0.6) is 0 Å². The average Bonchev–Trinajstić information content (AvgIpc) is 3.18. The minimum absolute atomic E-state index is 0.544. The minimum Gasteiger partial charge on any atom is -0.374 e. The van der Waals surface area contributed by atoms with E-state index < -0.39 is 0 Å². The Morgan fingerprint density at radius 1 is 1.08 bits per heavy atom. The van der Waals surface area contributed by atoms with Crippen molar-refractivity contribution in [2.24, 2.45) is 0 Å².